The number of ether oxygens (including phenoxy) is 1. The first-order valence-electron chi connectivity index (χ1n) is 6.03. The molecule has 0 amide bonds. The smallest absolute Gasteiger partial charge is 0.307 e. The minimum atomic E-state index is -0.200. The molecule has 0 aromatic rings. The molecule has 0 bridgehead atoms. The summed E-state index contributed by atoms with van der Waals surface area (Å²) in [5.74, 6) is -0.200. The Morgan fingerprint density at radius 2 is 1.80 bits per heavy atom. The molecular weight excluding hydrogens is 190 g/mol. The predicted octanol–water partition coefficient (Wildman–Crippen LogP) is 2.63. The van der Waals surface area contributed by atoms with Crippen molar-refractivity contribution in [3.63, 3.8) is 0 Å². The molecule has 0 saturated carbocycles. The van der Waals surface area contributed by atoms with Crippen LogP contribution in [0.5, 0.6) is 0 Å². The standard InChI is InChI=1S/C12H25NO2/c1-3-4-5-6-7-8-9-11(13)10-12(14)15-2/h11H,3-10,13H2,1-2H3. The summed E-state index contributed by atoms with van der Waals surface area (Å²) in [5.41, 5.74) is 5.79. The molecule has 0 aliphatic carbocycles. The molecule has 2 N–H and O–H groups in total. The van der Waals surface area contributed by atoms with Gasteiger partial charge in [-0.1, -0.05) is 45.4 Å². The van der Waals surface area contributed by atoms with Gasteiger partial charge in [-0.25, -0.2) is 0 Å². The first-order chi connectivity index (χ1) is 7.20. The molecule has 0 saturated heterocycles. The Bertz CT molecular complexity index is 160. The first-order valence-corrected chi connectivity index (χ1v) is 6.03. The number of hydrogen-bond acceptors (Lipinski definition) is 3. The van der Waals surface area contributed by atoms with E-state index in [0.717, 1.165) is 12.8 Å². The summed E-state index contributed by atoms with van der Waals surface area (Å²) in [6.45, 7) is 2.21. The van der Waals surface area contributed by atoms with E-state index in [-0.39, 0.29) is 12.0 Å². The number of nitrogens with two attached hydrogens (primary N) is 1. The number of carbonyl (C=O) groups excluding carboxylic acids is 1. The summed E-state index contributed by atoms with van der Waals surface area (Å²) < 4.78 is 4.56. The Balaban J connectivity index is 3.23. The van der Waals surface area contributed by atoms with Gasteiger partial charge in [-0.05, 0) is 6.42 Å². The first kappa shape index (κ1) is 14.4. The fourth-order valence-electron chi connectivity index (χ4n) is 1.59. The molecule has 0 rings (SSSR count). The second-order valence-electron chi connectivity index (χ2n) is 4.10. The maximum Gasteiger partial charge on any atom is 0.307 e. The molecule has 0 radical (unpaired) electrons. The van der Waals surface area contributed by atoms with E-state index in [2.05, 4.69) is 11.7 Å². The van der Waals surface area contributed by atoms with Crippen molar-refractivity contribution >= 4 is 5.97 Å². The van der Waals surface area contributed by atoms with Gasteiger partial charge < -0.3 is 10.5 Å². The maximum absolute atomic E-state index is 10.9. The number of rotatable bonds is 9. The van der Waals surface area contributed by atoms with Crippen LogP contribution in [-0.4, -0.2) is 19.1 Å². The minimum absolute atomic E-state index is 0.0244. The van der Waals surface area contributed by atoms with Crippen molar-refractivity contribution in [2.75, 3.05) is 7.11 Å². The highest BCUT2D eigenvalue weighted by Gasteiger charge is 2.08. The molecule has 3 heteroatoms. The van der Waals surface area contributed by atoms with Gasteiger partial charge in [0.25, 0.3) is 0 Å². The summed E-state index contributed by atoms with van der Waals surface area (Å²) in [6.07, 6.45) is 8.86. The van der Waals surface area contributed by atoms with E-state index in [1.54, 1.807) is 0 Å². The van der Waals surface area contributed by atoms with Crippen LogP contribution in [0.2, 0.25) is 0 Å². The van der Waals surface area contributed by atoms with E-state index in [0.29, 0.717) is 6.42 Å². The van der Waals surface area contributed by atoms with Crippen molar-refractivity contribution in [2.45, 2.75) is 64.3 Å². The Kier molecular flexibility index (Phi) is 9.59. The fourth-order valence-corrected chi connectivity index (χ4v) is 1.59. The van der Waals surface area contributed by atoms with Crippen molar-refractivity contribution in [3.8, 4) is 0 Å². The molecule has 0 aromatic heterocycles. The third-order valence-corrected chi connectivity index (χ3v) is 2.58. The quantitative estimate of drug-likeness (QED) is 0.475. The summed E-state index contributed by atoms with van der Waals surface area (Å²) in [6, 6.07) is -0.0244. The molecule has 90 valence electrons. The van der Waals surface area contributed by atoms with E-state index < -0.39 is 0 Å². The van der Waals surface area contributed by atoms with Crippen LogP contribution in [0.15, 0.2) is 0 Å². The van der Waals surface area contributed by atoms with E-state index in [9.17, 15) is 4.79 Å². The van der Waals surface area contributed by atoms with Crippen molar-refractivity contribution in [3.05, 3.63) is 0 Å². The third-order valence-electron chi connectivity index (χ3n) is 2.58. The van der Waals surface area contributed by atoms with Gasteiger partial charge in [0.1, 0.15) is 0 Å². The van der Waals surface area contributed by atoms with Crippen LogP contribution >= 0.6 is 0 Å². The van der Waals surface area contributed by atoms with E-state index >= 15 is 0 Å². The molecule has 0 aliphatic rings. The van der Waals surface area contributed by atoms with E-state index in [4.69, 9.17) is 5.73 Å². The monoisotopic (exact) mass is 215 g/mol. The van der Waals surface area contributed by atoms with Gasteiger partial charge in [0.2, 0.25) is 0 Å². The average Bonchev–Trinajstić information content (AvgIpc) is 2.23. The van der Waals surface area contributed by atoms with Crippen LogP contribution in [0.3, 0.4) is 0 Å². The largest absolute Gasteiger partial charge is 0.469 e. The second kappa shape index (κ2) is 9.97. The minimum Gasteiger partial charge on any atom is -0.469 e. The SMILES string of the molecule is CCCCCCCCC(N)CC(=O)OC. The Labute approximate surface area is 93.4 Å². The lowest BCUT2D eigenvalue weighted by Crippen LogP contribution is -2.24. The van der Waals surface area contributed by atoms with Crippen LogP contribution in [-0.2, 0) is 9.53 Å². The average molecular weight is 215 g/mol. The molecule has 1 unspecified atom stereocenters. The Morgan fingerprint density at radius 3 is 2.40 bits per heavy atom. The topological polar surface area (TPSA) is 52.3 Å². The summed E-state index contributed by atoms with van der Waals surface area (Å²) in [5, 5.41) is 0. The van der Waals surface area contributed by atoms with Crippen LogP contribution in [0.25, 0.3) is 0 Å². The van der Waals surface area contributed by atoms with Crippen LogP contribution in [0.1, 0.15) is 58.3 Å². The van der Waals surface area contributed by atoms with Gasteiger partial charge in [0, 0.05) is 6.04 Å². The molecule has 0 heterocycles. The number of methoxy groups -OCH3 is 1. The van der Waals surface area contributed by atoms with Crippen molar-refractivity contribution in [1.82, 2.24) is 0 Å². The molecule has 3 nitrogen and oxygen atoms in total. The van der Waals surface area contributed by atoms with Gasteiger partial charge in [0.15, 0.2) is 0 Å². The van der Waals surface area contributed by atoms with Gasteiger partial charge in [-0.15, -0.1) is 0 Å². The number of esters is 1. The molecule has 0 aliphatic heterocycles. The van der Waals surface area contributed by atoms with Crippen molar-refractivity contribution < 1.29 is 9.53 Å². The Morgan fingerprint density at radius 1 is 1.20 bits per heavy atom. The van der Waals surface area contributed by atoms with Crippen LogP contribution in [0.4, 0.5) is 0 Å². The number of carbonyl (C=O) groups is 1. The molecule has 0 fully saturated rings. The maximum atomic E-state index is 10.9. The highest BCUT2D eigenvalue weighted by Crippen LogP contribution is 2.09. The zero-order valence-corrected chi connectivity index (χ0v) is 10.1. The van der Waals surface area contributed by atoms with Gasteiger partial charge in [-0.2, -0.15) is 0 Å². The summed E-state index contributed by atoms with van der Waals surface area (Å²) in [4.78, 5) is 10.9. The summed E-state index contributed by atoms with van der Waals surface area (Å²) in [7, 11) is 1.40. The summed E-state index contributed by atoms with van der Waals surface area (Å²) >= 11 is 0. The normalized spacial score (nSPS) is 12.5. The van der Waals surface area contributed by atoms with E-state index in [1.165, 1.54) is 39.2 Å². The third kappa shape index (κ3) is 9.73. The number of unbranched alkanes of at least 4 members (excludes halogenated alkanes) is 5. The van der Waals surface area contributed by atoms with Gasteiger partial charge in [0.05, 0.1) is 13.5 Å². The van der Waals surface area contributed by atoms with Crippen molar-refractivity contribution in [1.29, 1.82) is 0 Å². The predicted molar refractivity (Wildman–Crippen MR) is 62.6 cm³/mol. The highest BCUT2D eigenvalue weighted by atomic mass is 16.5. The lowest BCUT2D eigenvalue weighted by atomic mass is 10.0. The number of hydrogen-bond donors (Lipinski definition) is 1. The molecule has 1 atom stereocenters. The van der Waals surface area contributed by atoms with Gasteiger partial charge >= 0.3 is 5.97 Å². The van der Waals surface area contributed by atoms with Crippen molar-refractivity contribution in [2.24, 2.45) is 5.73 Å². The fraction of sp³-hybridized carbons (Fsp3) is 0.917. The highest BCUT2D eigenvalue weighted by molar-refractivity contribution is 5.69. The molecule has 0 aromatic carbocycles. The molecule has 15 heavy (non-hydrogen) atoms. The lowest BCUT2D eigenvalue weighted by Gasteiger charge is -2.09. The molecular formula is C12H25NO2. The zero-order valence-electron chi connectivity index (χ0n) is 10.1. The molecule has 0 spiro atoms. The van der Waals surface area contributed by atoms with Crippen LogP contribution in [0, 0.1) is 0 Å². The lowest BCUT2D eigenvalue weighted by molar-refractivity contribution is -0.141. The second-order valence-corrected chi connectivity index (χ2v) is 4.10. The van der Waals surface area contributed by atoms with E-state index in [1.807, 2.05) is 0 Å². The Hall–Kier alpha value is -0.570. The van der Waals surface area contributed by atoms with Gasteiger partial charge in [-0.3, -0.25) is 4.79 Å². The zero-order chi connectivity index (χ0) is 11.5. The van der Waals surface area contributed by atoms with Crippen LogP contribution < -0.4 is 5.73 Å².